The molecule has 2 atom stereocenters. The summed E-state index contributed by atoms with van der Waals surface area (Å²) in [5, 5.41) is 12.1. The largest absolute Gasteiger partial charge is 0.496 e. The van der Waals surface area contributed by atoms with E-state index in [2.05, 4.69) is 5.32 Å². The molecule has 2 aromatic rings. The van der Waals surface area contributed by atoms with Crippen molar-refractivity contribution in [1.29, 1.82) is 0 Å². The maximum Gasteiger partial charge on any atom is 0.308 e. The minimum Gasteiger partial charge on any atom is -0.496 e. The third-order valence-electron chi connectivity index (χ3n) is 4.27. The first-order valence-electron chi connectivity index (χ1n) is 8.30. The number of para-hydroxylation sites is 1. The molecule has 2 rings (SSSR count). The Morgan fingerprint density at radius 2 is 1.92 bits per heavy atom. The number of amides is 1. The van der Waals surface area contributed by atoms with E-state index in [1.165, 1.54) is 25.3 Å². The second-order valence-corrected chi connectivity index (χ2v) is 6.07. The van der Waals surface area contributed by atoms with Gasteiger partial charge in [0.25, 0.3) is 0 Å². The summed E-state index contributed by atoms with van der Waals surface area (Å²) in [6.45, 7) is 1.63. The Balaban J connectivity index is 2.02. The van der Waals surface area contributed by atoms with Crippen LogP contribution in [0.15, 0.2) is 48.5 Å². The predicted molar refractivity (Wildman–Crippen MR) is 95.6 cm³/mol. The lowest BCUT2D eigenvalue weighted by atomic mass is 9.97. The van der Waals surface area contributed by atoms with Crippen LogP contribution in [0.4, 0.5) is 4.39 Å². The second kappa shape index (κ2) is 8.99. The van der Waals surface area contributed by atoms with Gasteiger partial charge in [-0.15, -0.1) is 0 Å². The summed E-state index contributed by atoms with van der Waals surface area (Å²) in [6, 6.07) is 13.0. The zero-order valence-electron chi connectivity index (χ0n) is 14.7. The van der Waals surface area contributed by atoms with Gasteiger partial charge in [0.2, 0.25) is 5.91 Å². The van der Waals surface area contributed by atoms with Crippen LogP contribution in [-0.4, -0.2) is 30.6 Å². The lowest BCUT2D eigenvalue weighted by Crippen LogP contribution is -2.36. The van der Waals surface area contributed by atoms with Crippen molar-refractivity contribution in [2.75, 3.05) is 13.7 Å². The number of carbonyl (C=O) groups excluding carboxylic acids is 1. The summed E-state index contributed by atoms with van der Waals surface area (Å²) in [5.74, 6) is -2.53. The van der Waals surface area contributed by atoms with Crippen LogP contribution in [0.25, 0.3) is 0 Å². The number of methoxy groups -OCH3 is 1. The first kappa shape index (κ1) is 19.4. The first-order chi connectivity index (χ1) is 12.4. The van der Waals surface area contributed by atoms with E-state index in [1.54, 1.807) is 37.3 Å². The maximum atomic E-state index is 13.3. The SMILES string of the molecule is COc1ccccc1CC(CNC(=O)C(C)c1cccc(F)c1)C(=O)O. The van der Waals surface area contributed by atoms with E-state index in [-0.39, 0.29) is 18.9 Å². The van der Waals surface area contributed by atoms with Gasteiger partial charge < -0.3 is 15.2 Å². The molecule has 2 unspecified atom stereocenters. The minimum atomic E-state index is -1.00. The van der Waals surface area contributed by atoms with Crippen molar-refractivity contribution in [3.8, 4) is 5.75 Å². The molecule has 0 radical (unpaired) electrons. The molecule has 0 aliphatic rings. The Kier molecular flexibility index (Phi) is 6.72. The Labute approximate surface area is 151 Å². The maximum absolute atomic E-state index is 13.3. The average Bonchev–Trinajstić information content (AvgIpc) is 2.64. The van der Waals surface area contributed by atoms with Crippen LogP contribution >= 0.6 is 0 Å². The van der Waals surface area contributed by atoms with Crippen LogP contribution in [-0.2, 0) is 16.0 Å². The number of halogens is 1. The lowest BCUT2D eigenvalue weighted by molar-refractivity contribution is -0.141. The van der Waals surface area contributed by atoms with Gasteiger partial charge in [-0.1, -0.05) is 30.3 Å². The van der Waals surface area contributed by atoms with Crippen LogP contribution in [0.5, 0.6) is 5.75 Å². The molecule has 6 heteroatoms. The fraction of sp³-hybridized carbons (Fsp3) is 0.300. The molecule has 138 valence electrons. The number of rotatable bonds is 8. The molecule has 0 spiro atoms. The highest BCUT2D eigenvalue weighted by molar-refractivity contribution is 5.83. The Bertz CT molecular complexity index is 778. The van der Waals surface area contributed by atoms with Crippen LogP contribution < -0.4 is 10.1 Å². The van der Waals surface area contributed by atoms with Crippen LogP contribution in [0.1, 0.15) is 24.0 Å². The molecule has 26 heavy (non-hydrogen) atoms. The average molecular weight is 359 g/mol. The van der Waals surface area contributed by atoms with E-state index in [9.17, 15) is 19.1 Å². The molecule has 0 bridgehead atoms. The van der Waals surface area contributed by atoms with Crippen molar-refractivity contribution in [2.24, 2.45) is 5.92 Å². The molecule has 0 saturated carbocycles. The van der Waals surface area contributed by atoms with E-state index < -0.39 is 23.6 Å². The molecule has 1 amide bonds. The van der Waals surface area contributed by atoms with Crippen molar-refractivity contribution in [2.45, 2.75) is 19.3 Å². The fourth-order valence-electron chi connectivity index (χ4n) is 2.69. The van der Waals surface area contributed by atoms with Crippen molar-refractivity contribution >= 4 is 11.9 Å². The Morgan fingerprint density at radius 3 is 2.58 bits per heavy atom. The van der Waals surface area contributed by atoms with Crippen molar-refractivity contribution < 1.29 is 23.8 Å². The van der Waals surface area contributed by atoms with Gasteiger partial charge >= 0.3 is 5.97 Å². The smallest absolute Gasteiger partial charge is 0.308 e. The number of carbonyl (C=O) groups is 2. The number of ether oxygens (including phenoxy) is 1. The zero-order valence-corrected chi connectivity index (χ0v) is 14.7. The van der Waals surface area contributed by atoms with Gasteiger partial charge in [-0.05, 0) is 42.7 Å². The number of hydrogen-bond donors (Lipinski definition) is 2. The topological polar surface area (TPSA) is 75.6 Å². The second-order valence-electron chi connectivity index (χ2n) is 6.07. The Morgan fingerprint density at radius 1 is 1.19 bits per heavy atom. The van der Waals surface area contributed by atoms with Gasteiger partial charge in [0.05, 0.1) is 18.9 Å². The minimum absolute atomic E-state index is 0.0220. The lowest BCUT2D eigenvalue weighted by Gasteiger charge is -2.17. The summed E-state index contributed by atoms with van der Waals surface area (Å²) in [4.78, 5) is 23.9. The molecule has 2 aromatic carbocycles. The van der Waals surface area contributed by atoms with E-state index in [4.69, 9.17) is 4.74 Å². The molecule has 0 aliphatic carbocycles. The molecular weight excluding hydrogens is 337 g/mol. The number of hydrogen-bond acceptors (Lipinski definition) is 3. The summed E-state index contributed by atoms with van der Waals surface area (Å²) in [5.41, 5.74) is 1.30. The first-order valence-corrected chi connectivity index (χ1v) is 8.30. The number of benzene rings is 2. The predicted octanol–water partition coefficient (Wildman–Crippen LogP) is 3.00. The van der Waals surface area contributed by atoms with Gasteiger partial charge in [0.15, 0.2) is 0 Å². The third kappa shape index (κ3) is 5.05. The number of nitrogens with one attached hydrogen (secondary N) is 1. The molecule has 5 nitrogen and oxygen atoms in total. The van der Waals surface area contributed by atoms with Crippen LogP contribution in [0.3, 0.4) is 0 Å². The number of carboxylic acid groups (broad SMARTS) is 1. The highest BCUT2D eigenvalue weighted by atomic mass is 19.1. The van der Waals surface area contributed by atoms with Gasteiger partial charge in [-0.2, -0.15) is 0 Å². The monoisotopic (exact) mass is 359 g/mol. The Hall–Kier alpha value is -2.89. The van der Waals surface area contributed by atoms with Gasteiger partial charge in [-0.25, -0.2) is 4.39 Å². The quantitative estimate of drug-likeness (QED) is 0.760. The zero-order chi connectivity index (χ0) is 19.1. The van der Waals surface area contributed by atoms with E-state index >= 15 is 0 Å². The van der Waals surface area contributed by atoms with Gasteiger partial charge in [0.1, 0.15) is 11.6 Å². The van der Waals surface area contributed by atoms with Crippen LogP contribution in [0.2, 0.25) is 0 Å². The molecule has 0 heterocycles. The molecule has 2 N–H and O–H groups in total. The molecule has 0 aromatic heterocycles. The highest BCUT2D eigenvalue weighted by Gasteiger charge is 2.22. The van der Waals surface area contributed by atoms with E-state index in [0.717, 1.165) is 5.56 Å². The van der Waals surface area contributed by atoms with Crippen molar-refractivity contribution in [1.82, 2.24) is 5.32 Å². The molecular formula is C20H22FNO4. The molecule has 0 saturated heterocycles. The molecule has 0 fully saturated rings. The van der Waals surface area contributed by atoms with Gasteiger partial charge in [0, 0.05) is 6.54 Å². The number of aliphatic carboxylic acids is 1. The van der Waals surface area contributed by atoms with Crippen LogP contribution in [0, 0.1) is 11.7 Å². The summed E-state index contributed by atoms with van der Waals surface area (Å²) in [6.07, 6.45) is 0.230. The molecule has 0 aliphatic heterocycles. The highest BCUT2D eigenvalue weighted by Crippen LogP contribution is 2.21. The van der Waals surface area contributed by atoms with Gasteiger partial charge in [-0.3, -0.25) is 9.59 Å². The standard InChI is InChI=1S/C20H22FNO4/c1-13(14-7-5-8-17(21)11-14)19(23)22-12-16(20(24)25)10-15-6-3-4-9-18(15)26-2/h3-9,11,13,16H,10,12H2,1-2H3,(H,22,23)(H,24,25). The van der Waals surface area contributed by atoms with E-state index in [0.29, 0.717) is 11.3 Å². The fourth-order valence-corrected chi connectivity index (χ4v) is 2.69. The summed E-state index contributed by atoms with van der Waals surface area (Å²) in [7, 11) is 1.52. The van der Waals surface area contributed by atoms with E-state index in [1.807, 2.05) is 0 Å². The summed E-state index contributed by atoms with van der Waals surface area (Å²) < 4.78 is 18.5. The number of carboxylic acids is 1. The summed E-state index contributed by atoms with van der Waals surface area (Å²) >= 11 is 0. The normalized spacial score (nSPS) is 12.9. The van der Waals surface area contributed by atoms with Crippen molar-refractivity contribution in [3.05, 3.63) is 65.5 Å². The van der Waals surface area contributed by atoms with Crippen molar-refractivity contribution in [3.63, 3.8) is 0 Å². The third-order valence-corrected chi connectivity index (χ3v) is 4.27.